The van der Waals surface area contributed by atoms with E-state index in [1.54, 1.807) is 6.33 Å². The van der Waals surface area contributed by atoms with Gasteiger partial charge in [-0.3, -0.25) is 4.79 Å². The summed E-state index contributed by atoms with van der Waals surface area (Å²) < 4.78 is 7.50. The molecule has 0 spiro atoms. The fourth-order valence-electron chi connectivity index (χ4n) is 3.00. The first kappa shape index (κ1) is 15.7. The van der Waals surface area contributed by atoms with Gasteiger partial charge in [0, 0.05) is 26.1 Å². The molecule has 0 N–H and O–H groups in total. The summed E-state index contributed by atoms with van der Waals surface area (Å²) in [6.45, 7) is 2.08. The second-order valence-electron chi connectivity index (χ2n) is 5.96. The Morgan fingerprint density at radius 1 is 1.35 bits per heavy atom. The van der Waals surface area contributed by atoms with Crippen molar-refractivity contribution in [2.24, 2.45) is 7.05 Å². The van der Waals surface area contributed by atoms with Crippen LogP contribution in [-0.2, 0) is 23.2 Å². The molecule has 0 bridgehead atoms. The fourth-order valence-corrected chi connectivity index (χ4v) is 3.00. The van der Waals surface area contributed by atoms with Crippen LogP contribution in [0.4, 0.5) is 0 Å². The maximum absolute atomic E-state index is 12.3. The zero-order valence-corrected chi connectivity index (χ0v) is 13.4. The second-order valence-corrected chi connectivity index (χ2v) is 5.96. The highest BCUT2D eigenvalue weighted by Gasteiger charge is 2.27. The first-order valence-corrected chi connectivity index (χ1v) is 7.97. The molecule has 3 rings (SSSR count). The van der Waals surface area contributed by atoms with Gasteiger partial charge in [-0.25, -0.2) is 0 Å². The summed E-state index contributed by atoms with van der Waals surface area (Å²) >= 11 is 0. The number of amides is 1. The number of carbonyl (C=O) groups excluding carboxylic acids is 1. The summed E-state index contributed by atoms with van der Waals surface area (Å²) in [5.74, 6) is 1.26. The summed E-state index contributed by atoms with van der Waals surface area (Å²) in [7, 11) is 1.94. The second kappa shape index (κ2) is 7.37. The summed E-state index contributed by atoms with van der Waals surface area (Å²) in [4.78, 5) is 14.2. The van der Waals surface area contributed by atoms with Gasteiger partial charge < -0.3 is 14.2 Å². The molecule has 1 fully saturated rings. The maximum atomic E-state index is 12.3. The molecule has 1 saturated heterocycles. The Balaban J connectivity index is 1.50. The monoisotopic (exact) mass is 314 g/mol. The molecule has 1 unspecified atom stereocenters. The quantitative estimate of drug-likeness (QED) is 0.843. The summed E-state index contributed by atoms with van der Waals surface area (Å²) in [6.07, 6.45) is 3.74. The first-order valence-electron chi connectivity index (χ1n) is 7.97. The molecule has 6 nitrogen and oxygen atoms in total. The number of benzene rings is 1. The number of hydrogen-bond donors (Lipinski definition) is 0. The number of hydrogen-bond acceptors (Lipinski definition) is 4. The molecule has 23 heavy (non-hydrogen) atoms. The smallest absolute Gasteiger partial charge is 0.248 e. The van der Waals surface area contributed by atoms with E-state index in [-0.39, 0.29) is 18.4 Å². The summed E-state index contributed by atoms with van der Waals surface area (Å²) in [6, 6.07) is 9.90. The molecule has 2 aromatic rings. The summed E-state index contributed by atoms with van der Waals surface area (Å²) in [5.41, 5.74) is 1.08. The van der Waals surface area contributed by atoms with Gasteiger partial charge in [0.2, 0.25) is 5.91 Å². The van der Waals surface area contributed by atoms with E-state index in [0.717, 1.165) is 30.8 Å². The summed E-state index contributed by atoms with van der Waals surface area (Å²) in [5, 5.41) is 8.11. The zero-order chi connectivity index (χ0) is 16.1. The lowest BCUT2D eigenvalue weighted by molar-refractivity contribution is -0.137. The van der Waals surface area contributed by atoms with Crippen molar-refractivity contribution in [1.82, 2.24) is 19.7 Å². The number of aryl methyl sites for hydroxylation is 1. The van der Waals surface area contributed by atoms with Crippen molar-refractivity contribution in [2.75, 3.05) is 19.7 Å². The average molecular weight is 314 g/mol. The van der Waals surface area contributed by atoms with Crippen LogP contribution in [0.1, 0.15) is 30.1 Å². The first-order chi connectivity index (χ1) is 11.2. The molecule has 1 aliphatic heterocycles. The third-order valence-electron chi connectivity index (χ3n) is 4.22. The van der Waals surface area contributed by atoms with Gasteiger partial charge in [0.1, 0.15) is 18.8 Å². The van der Waals surface area contributed by atoms with Crippen molar-refractivity contribution in [2.45, 2.75) is 25.4 Å². The van der Waals surface area contributed by atoms with E-state index >= 15 is 0 Å². The van der Waals surface area contributed by atoms with Gasteiger partial charge in [0.15, 0.2) is 0 Å². The Bertz CT molecular complexity index is 641. The van der Waals surface area contributed by atoms with Crippen molar-refractivity contribution in [3.05, 3.63) is 48.0 Å². The Morgan fingerprint density at radius 3 is 2.91 bits per heavy atom. The van der Waals surface area contributed by atoms with E-state index in [4.69, 9.17) is 4.74 Å². The molecule has 122 valence electrons. The number of carbonyl (C=O) groups is 1. The van der Waals surface area contributed by atoms with Gasteiger partial charge in [-0.15, -0.1) is 10.2 Å². The van der Waals surface area contributed by atoms with E-state index in [1.807, 2.05) is 46.8 Å². The average Bonchev–Trinajstić information content (AvgIpc) is 3.02. The van der Waals surface area contributed by atoms with Gasteiger partial charge >= 0.3 is 0 Å². The highest BCUT2D eigenvalue weighted by molar-refractivity contribution is 5.77. The number of ether oxygens (including phenoxy) is 1. The van der Waals surface area contributed by atoms with Crippen LogP contribution in [0.5, 0.6) is 0 Å². The third kappa shape index (κ3) is 3.96. The molecule has 0 saturated carbocycles. The Labute approximate surface area is 136 Å². The van der Waals surface area contributed by atoms with Crippen LogP contribution in [0.3, 0.4) is 0 Å². The minimum absolute atomic E-state index is 0.0489. The SMILES string of the molecule is Cn1cnnc1C1CCCN(C(=O)COCc2ccccc2)C1. The van der Waals surface area contributed by atoms with E-state index in [9.17, 15) is 4.79 Å². The van der Waals surface area contributed by atoms with E-state index < -0.39 is 0 Å². The minimum Gasteiger partial charge on any atom is -0.367 e. The zero-order valence-electron chi connectivity index (χ0n) is 13.4. The van der Waals surface area contributed by atoms with Crippen molar-refractivity contribution >= 4 is 5.91 Å². The van der Waals surface area contributed by atoms with Gasteiger partial charge in [-0.2, -0.15) is 0 Å². The number of aromatic nitrogens is 3. The van der Waals surface area contributed by atoms with Crippen LogP contribution in [0, 0.1) is 0 Å². The van der Waals surface area contributed by atoms with E-state index in [0.29, 0.717) is 13.2 Å². The Morgan fingerprint density at radius 2 is 2.17 bits per heavy atom. The lowest BCUT2D eigenvalue weighted by Crippen LogP contribution is -2.41. The number of rotatable bonds is 5. The van der Waals surface area contributed by atoms with Gasteiger partial charge in [0.05, 0.1) is 6.61 Å². The molecular formula is C17H22N4O2. The normalized spacial score (nSPS) is 18.1. The van der Waals surface area contributed by atoms with Crippen molar-refractivity contribution < 1.29 is 9.53 Å². The van der Waals surface area contributed by atoms with Crippen LogP contribution in [-0.4, -0.2) is 45.3 Å². The molecule has 1 aromatic carbocycles. The van der Waals surface area contributed by atoms with Crippen LogP contribution < -0.4 is 0 Å². The van der Waals surface area contributed by atoms with Gasteiger partial charge in [-0.1, -0.05) is 30.3 Å². The molecule has 1 atom stereocenters. The van der Waals surface area contributed by atoms with E-state index in [2.05, 4.69) is 10.2 Å². The number of nitrogens with zero attached hydrogens (tertiary/aromatic N) is 4. The van der Waals surface area contributed by atoms with Gasteiger partial charge in [-0.05, 0) is 18.4 Å². The van der Waals surface area contributed by atoms with Crippen LogP contribution in [0.2, 0.25) is 0 Å². The lowest BCUT2D eigenvalue weighted by Gasteiger charge is -2.32. The fraction of sp³-hybridized carbons (Fsp3) is 0.471. The molecule has 6 heteroatoms. The molecule has 1 amide bonds. The molecule has 1 aliphatic rings. The minimum atomic E-state index is 0.0489. The highest BCUT2D eigenvalue weighted by Crippen LogP contribution is 2.25. The predicted molar refractivity (Wildman–Crippen MR) is 85.7 cm³/mol. The van der Waals surface area contributed by atoms with Crippen molar-refractivity contribution in [1.29, 1.82) is 0 Å². The van der Waals surface area contributed by atoms with Crippen molar-refractivity contribution in [3.63, 3.8) is 0 Å². The van der Waals surface area contributed by atoms with Crippen molar-refractivity contribution in [3.8, 4) is 0 Å². The molecule has 2 heterocycles. The molecule has 1 aromatic heterocycles. The molecule has 0 aliphatic carbocycles. The standard InChI is InChI=1S/C17H22N4O2/c1-20-13-18-19-17(20)15-8-5-9-21(10-15)16(22)12-23-11-14-6-3-2-4-7-14/h2-4,6-7,13,15H,5,8-12H2,1H3. The van der Waals surface area contributed by atoms with E-state index in [1.165, 1.54) is 0 Å². The number of likely N-dealkylation sites (tertiary alicyclic amines) is 1. The van der Waals surface area contributed by atoms with Gasteiger partial charge in [0.25, 0.3) is 0 Å². The molecular weight excluding hydrogens is 292 g/mol. The number of piperidine rings is 1. The topological polar surface area (TPSA) is 60.2 Å². The molecule has 0 radical (unpaired) electrons. The van der Waals surface area contributed by atoms with Crippen LogP contribution >= 0.6 is 0 Å². The Kier molecular flexibility index (Phi) is 5.02. The Hall–Kier alpha value is -2.21. The van der Waals surface area contributed by atoms with Crippen LogP contribution in [0.15, 0.2) is 36.7 Å². The third-order valence-corrected chi connectivity index (χ3v) is 4.22. The van der Waals surface area contributed by atoms with Crippen LogP contribution in [0.25, 0.3) is 0 Å². The lowest BCUT2D eigenvalue weighted by atomic mass is 9.97. The largest absolute Gasteiger partial charge is 0.367 e. The predicted octanol–water partition coefficient (Wildman–Crippen LogP) is 1.74. The highest BCUT2D eigenvalue weighted by atomic mass is 16.5. The maximum Gasteiger partial charge on any atom is 0.248 e.